The number of nitrogens with two attached hydrogens (primary N) is 1. The number of nitrogen functional groups attached to an aromatic ring is 1. The highest BCUT2D eigenvalue weighted by Gasteiger charge is 2.29. The van der Waals surface area contributed by atoms with Gasteiger partial charge in [0.2, 0.25) is 10.0 Å². The first kappa shape index (κ1) is 17.9. The zero-order chi connectivity index (χ0) is 16.4. The molecule has 0 spiro atoms. The Labute approximate surface area is 126 Å². The van der Waals surface area contributed by atoms with Gasteiger partial charge in [-0.1, -0.05) is 6.92 Å². The van der Waals surface area contributed by atoms with E-state index in [9.17, 15) is 12.8 Å². The van der Waals surface area contributed by atoms with E-state index in [0.29, 0.717) is 13.1 Å². The molecule has 120 valence electrons. The molecule has 1 aromatic carbocycles. The lowest BCUT2D eigenvalue weighted by molar-refractivity contribution is 0.271. The summed E-state index contributed by atoms with van der Waals surface area (Å²) in [6, 6.07) is 2.32. The molecule has 0 radical (unpaired) electrons. The summed E-state index contributed by atoms with van der Waals surface area (Å²) < 4.78 is 40.4. The number of likely N-dealkylation sites (N-methyl/N-ethyl adjacent to an activating group) is 2. The van der Waals surface area contributed by atoms with E-state index in [1.165, 1.54) is 23.4 Å². The Morgan fingerprint density at radius 1 is 1.33 bits per heavy atom. The van der Waals surface area contributed by atoms with E-state index < -0.39 is 15.8 Å². The third kappa shape index (κ3) is 3.93. The highest BCUT2D eigenvalue weighted by molar-refractivity contribution is 7.89. The van der Waals surface area contributed by atoms with Crippen molar-refractivity contribution in [1.82, 2.24) is 9.21 Å². The highest BCUT2D eigenvalue weighted by atomic mass is 32.2. The first-order chi connectivity index (χ1) is 9.61. The highest BCUT2D eigenvalue weighted by Crippen LogP contribution is 2.24. The van der Waals surface area contributed by atoms with Gasteiger partial charge in [0.15, 0.2) is 0 Å². The quantitative estimate of drug-likeness (QED) is 0.811. The van der Waals surface area contributed by atoms with Crippen LogP contribution in [0.3, 0.4) is 0 Å². The fraction of sp³-hybridized carbons (Fsp3) is 0.571. The zero-order valence-electron chi connectivity index (χ0n) is 13.2. The molecule has 1 aromatic rings. The summed E-state index contributed by atoms with van der Waals surface area (Å²) in [5, 5.41) is 0. The van der Waals surface area contributed by atoms with E-state index in [2.05, 4.69) is 0 Å². The SMILES string of the molecule is CCN(C(C)CN(C)C)S(=O)(=O)c1cc(C)c(F)c(N)c1. The smallest absolute Gasteiger partial charge is 0.243 e. The second kappa shape index (κ2) is 6.72. The van der Waals surface area contributed by atoms with Crippen molar-refractivity contribution in [2.75, 3.05) is 32.9 Å². The van der Waals surface area contributed by atoms with Crippen molar-refractivity contribution in [3.8, 4) is 0 Å². The van der Waals surface area contributed by atoms with Crippen LogP contribution in [0.5, 0.6) is 0 Å². The number of anilines is 1. The molecule has 0 saturated carbocycles. The predicted octanol–water partition coefficient (Wildman–Crippen LogP) is 1.68. The van der Waals surface area contributed by atoms with Crippen molar-refractivity contribution in [1.29, 1.82) is 0 Å². The summed E-state index contributed by atoms with van der Waals surface area (Å²) in [6.07, 6.45) is 0. The van der Waals surface area contributed by atoms with Gasteiger partial charge in [0.05, 0.1) is 10.6 Å². The number of sulfonamides is 1. The lowest BCUT2D eigenvalue weighted by atomic mass is 10.2. The van der Waals surface area contributed by atoms with Gasteiger partial charge in [-0.05, 0) is 45.6 Å². The molecule has 0 heterocycles. The van der Waals surface area contributed by atoms with Gasteiger partial charge in [0, 0.05) is 19.1 Å². The molecule has 1 unspecified atom stereocenters. The van der Waals surface area contributed by atoms with Crippen molar-refractivity contribution in [2.45, 2.75) is 31.7 Å². The molecule has 1 rings (SSSR count). The van der Waals surface area contributed by atoms with Gasteiger partial charge in [0.1, 0.15) is 5.82 Å². The maximum atomic E-state index is 13.6. The van der Waals surface area contributed by atoms with Crippen LogP contribution in [-0.2, 0) is 10.0 Å². The molecule has 0 aliphatic carbocycles. The van der Waals surface area contributed by atoms with Crippen LogP contribution in [0.25, 0.3) is 0 Å². The monoisotopic (exact) mass is 317 g/mol. The van der Waals surface area contributed by atoms with Crippen molar-refractivity contribution >= 4 is 15.7 Å². The van der Waals surface area contributed by atoms with Crippen LogP contribution in [0.4, 0.5) is 10.1 Å². The van der Waals surface area contributed by atoms with Crippen LogP contribution in [0.15, 0.2) is 17.0 Å². The van der Waals surface area contributed by atoms with Crippen LogP contribution in [0.1, 0.15) is 19.4 Å². The summed E-state index contributed by atoms with van der Waals surface area (Å²) >= 11 is 0. The van der Waals surface area contributed by atoms with Gasteiger partial charge < -0.3 is 10.6 Å². The number of aryl methyl sites for hydroxylation is 1. The number of halogens is 1. The molecule has 0 bridgehead atoms. The maximum Gasteiger partial charge on any atom is 0.243 e. The normalized spacial score (nSPS) is 13.9. The molecule has 0 amide bonds. The van der Waals surface area contributed by atoms with Crippen molar-refractivity contribution in [3.63, 3.8) is 0 Å². The Morgan fingerprint density at radius 2 is 1.90 bits per heavy atom. The van der Waals surface area contributed by atoms with E-state index >= 15 is 0 Å². The molecular formula is C14H24FN3O2S. The molecule has 0 aliphatic rings. The summed E-state index contributed by atoms with van der Waals surface area (Å²) in [5.74, 6) is -0.571. The molecule has 2 N–H and O–H groups in total. The van der Waals surface area contributed by atoms with E-state index in [4.69, 9.17) is 5.73 Å². The molecule has 1 atom stereocenters. The molecule has 7 heteroatoms. The maximum absolute atomic E-state index is 13.6. The summed E-state index contributed by atoms with van der Waals surface area (Å²) in [7, 11) is 0.0740. The Kier molecular flexibility index (Phi) is 5.72. The van der Waals surface area contributed by atoms with Crippen LogP contribution in [0.2, 0.25) is 0 Å². The Hall–Kier alpha value is -1.18. The number of hydrogen-bond acceptors (Lipinski definition) is 4. The van der Waals surface area contributed by atoms with Crippen LogP contribution >= 0.6 is 0 Å². The molecule has 0 aromatic heterocycles. The Bertz CT molecular complexity index is 579. The fourth-order valence-corrected chi connectivity index (χ4v) is 4.14. The summed E-state index contributed by atoms with van der Waals surface area (Å²) in [4.78, 5) is 1.96. The van der Waals surface area contributed by atoms with Gasteiger partial charge >= 0.3 is 0 Å². The fourth-order valence-electron chi connectivity index (χ4n) is 2.39. The third-order valence-electron chi connectivity index (χ3n) is 3.30. The first-order valence-electron chi connectivity index (χ1n) is 6.83. The minimum Gasteiger partial charge on any atom is -0.396 e. The van der Waals surface area contributed by atoms with Crippen LogP contribution in [0, 0.1) is 12.7 Å². The molecule has 0 aliphatic heterocycles. The zero-order valence-corrected chi connectivity index (χ0v) is 14.0. The summed E-state index contributed by atoms with van der Waals surface area (Å²) in [6.45, 7) is 6.07. The van der Waals surface area contributed by atoms with Gasteiger partial charge in [-0.3, -0.25) is 0 Å². The lowest BCUT2D eigenvalue weighted by Crippen LogP contribution is -2.43. The van der Waals surface area contributed by atoms with E-state index in [1.807, 2.05) is 25.9 Å². The molecule has 0 fully saturated rings. The van der Waals surface area contributed by atoms with E-state index in [0.717, 1.165) is 0 Å². The van der Waals surface area contributed by atoms with Gasteiger partial charge in [-0.2, -0.15) is 4.31 Å². The number of benzene rings is 1. The first-order valence-corrected chi connectivity index (χ1v) is 8.27. The molecule has 0 saturated heterocycles. The number of hydrogen-bond donors (Lipinski definition) is 1. The topological polar surface area (TPSA) is 66.6 Å². The predicted molar refractivity (Wildman–Crippen MR) is 83.1 cm³/mol. The van der Waals surface area contributed by atoms with Crippen molar-refractivity contribution < 1.29 is 12.8 Å². The number of rotatable bonds is 6. The molecular weight excluding hydrogens is 293 g/mol. The average molecular weight is 317 g/mol. The van der Waals surface area contributed by atoms with E-state index in [1.54, 1.807) is 6.92 Å². The van der Waals surface area contributed by atoms with Crippen LogP contribution < -0.4 is 5.73 Å². The average Bonchev–Trinajstić information content (AvgIpc) is 2.34. The van der Waals surface area contributed by atoms with Crippen molar-refractivity contribution in [3.05, 3.63) is 23.5 Å². The third-order valence-corrected chi connectivity index (χ3v) is 5.36. The number of nitrogens with zero attached hydrogens (tertiary/aromatic N) is 2. The minimum absolute atomic E-state index is 0.0337. The second-order valence-electron chi connectivity index (χ2n) is 5.46. The van der Waals surface area contributed by atoms with Crippen molar-refractivity contribution in [2.24, 2.45) is 0 Å². The standard InChI is InChI=1S/C14H24FN3O2S/c1-6-18(11(3)9-17(4)5)21(19,20)12-7-10(2)14(15)13(16)8-12/h7-8,11H,6,9,16H2,1-5H3. The van der Waals surface area contributed by atoms with Gasteiger partial charge in [0.25, 0.3) is 0 Å². The molecule has 5 nitrogen and oxygen atoms in total. The van der Waals surface area contributed by atoms with Gasteiger partial charge in [-0.25, -0.2) is 12.8 Å². The van der Waals surface area contributed by atoms with Crippen LogP contribution in [-0.4, -0.2) is 50.8 Å². The Morgan fingerprint density at radius 3 is 2.33 bits per heavy atom. The van der Waals surface area contributed by atoms with Gasteiger partial charge in [-0.15, -0.1) is 0 Å². The summed E-state index contributed by atoms with van der Waals surface area (Å²) in [5.41, 5.74) is 5.63. The Balaban J connectivity index is 3.25. The molecule has 21 heavy (non-hydrogen) atoms. The lowest BCUT2D eigenvalue weighted by Gasteiger charge is -2.29. The minimum atomic E-state index is -3.70. The second-order valence-corrected chi connectivity index (χ2v) is 7.35. The largest absolute Gasteiger partial charge is 0.396 e. The van der Waals surface area contributed by atoms with E-state index in [-0.39, 0.29) is 22.2 Å².